The summed E-state index contributed by atoms with van der Waals surface area (Å²) in [5, 5.41) is 7.10. The third kappa shape index (κ3) is 3.67. The van der Waals surface area contributed by atoms with Crippen LogP contribution in [0.15, 0.2) is 71.9 Å². The number of aliphatic imine (C=N–C) groups is 1. The van der Waals surface area contributed by atoms with Gasteiger partial charge in [-0.15, -0.1) is 0 Å². The molecule has 0 spiro atoms. The molecule has 2 N–H and O–H groups in total. The van der Waals surface area contributed by atoms with Crippen LogP contribution in [0.1, 0.15) is 42.4 Å². The Morgan fingerprint density at radius 2 is 1.75 bits per heavy atom. The number of piperidine rings is 1. The van der Waals surface area contributed by atoms with Crippen LogP contribution in [0, 0.1) is 6.92 Å². The lowest BCUT2D eigenvalue weighted by Gasteiger charge is -2.38. The van der Waals surface area contributed by atoms with E-state index >= 15 is 0 Å². The van der Waals surface area contributed by atoms with Crippen LogP contribution < -0.4 is 10.6 Å². The first-order valence-corrected chi connectivity index (χ1v) is 11.7. The number of benzene rings is 2. The molecule has 2 aromatic carbocycles. The molecule has 32 heavy (non-hydrogen) atoms. The quantitative estimate of drug-likeness (QED) is 0.584. The third-order valence-corrected chi connectivity index (χ3v) is 7.12. The van der Waals surface area contributed by atoms with Crippen LogP contribution in [0.3, 0.4) is 0 Å². The Balaban J connectivity index is 1.29. The van der Waals surface area contributed by atoms with E-state index in [4.69, 9.17) is 4.99 Å². The molecule has 0 radical (unpaired) electrons. The second-order valence-corrected chi connectivity index (χ2v) is 9.34. The summed E-state index contributed by atoms with van der Waals surface area (Å²) < 4.78 is 0. The molecule has 3 aliphatic heterocycles. The average molecular weight is 424 g/mol. The number of hydrogen-bond donors (Lipinski definition) is 2. The molecule has 1 aromatic heterocycles. The molecule has 4 heterocycles. The molecule has 2 fully saturated rings. The van der Waals surface area contributed by atoms with Crippen molar-refractivity contribution in [2.24, 2.45) is 4.99 Å². The van der Waals surface area contributed by atoms with E-state index in [2.05, 4.69) is 82.0 Å². The van der Waals surface area contributed by atoms with Crippen LogP contribution in [-0.2, 0) is 6.54 Å². The first-order valence-electron chi connectivity index (χ1n) is 11.7. The molecule has 3 aromatic rings. The van der Waals surface area contributed by atoms with E-state index in [1.165, 1.54) is 24.0 Å². The molecule has 1 unspecified atom stereocenters. The fourth-order valence-electron chi connectivity index (χ4n) is 5.58. The van der Waals surface area contributed by atoms with Crippen molar-refractivity contribution < 1.29 is 0 Å². The minimum Gasteiger partial charge on any atom is -0.338 e. The fraction of sp³-hybridized carbons (Fsp3) is 0.333. The van der Waals surface area contributed by atoms with Crippen molar-refractivity contribution in [1.29, 1.82) is 0 Å². The minimum absolute atomic E-state index is 0.341. The maximum Gasteiger partial charge on any atom is 0.154 e. The molecule has 5 heteroatoms. The van der Waals surface area contributed by atoms with Gasteiger partial charge in [-0.1, -0.05) is 42.0 Å². The predicted molar refractivity (Wildman–Crippen MR) is 131 cm³/mol. The first-order chi connectivity index (χ1) is 15.7. The second kappa shape index (κ2) is 8.06. The van der Waals surface area contributed by atoms with Gasteiger partial charge in [0.25, 0.3) is 0 Å². The summed E-state index contributed by atoms with van der Waals surface area (Å²) in [6, 6.07) is 23.0. The Morgan fingerprint density at radius 3 is 2.56 bits per heavy atom. The van der Waals surface area contributed by atoms with Crippen molar-refractivity contribution in [2.45, 2.75) is 57.3 Å². The third-order valence-electron chi connectivity index (χ3n) is 7.12. The van der Waals surface area contributed by atoms with Gasteiger partial charge in [-0.25, -0.2) is 4.98 Å². The molecular formula is C27H29N5. The highest BCUT2D eigenvalue weighted by molar-refractivity contribution is 6.15. The number of nitrogens with one attached hydrogen (secondary N) is 2. The van der Waals surface area contributed by atoms with E-state index in [1.54, 1.807) is 0 Å². The number of aryl methyl sites for hydroxylation is 1. The van der Waals surface area contributed by atoms with Gasteiger partial charge in [0.1, 0.15) is 5.84 Å². The summed E-state index contributed by atoms with van der Waals surface area (Å²) in [5.41, 5.74) is 5.81. The van der Waals surface area contributed by atoms with E-state index in [9.17, 15) is 0 Å². The molecule has 5 nitrogen and oxygen atoms in total. The number of aromatic nitrogens is 1. The maximum absolute atomic E-state index is 5.33. The lowest BCUT2D eigenvalue weighted by atomic mass is 9.96. The number of pyridine rings is 1. The molecule has 162 valence electrons. The Bertz CT molecular complexity index is 1140. The summed E-state index contributed by atoms with van der Waals surface area (Å²) in [4.78, 5) is 12.6. The fourth-order valence-corrected chi connectivity index (χ4v) is 5.58. The number of fused-ring (bicyclic) bond motifs is 4. The Hall–Kier alpha value is -3.18. The van der Waals surface area contributed by atoms with Gasteiger partial charge in [0.05, 0.1) is 17.4 Å². The van der Waals surface area contributed by atoms with Crippen LogP contribution in [0.5, 0.6) is 0 Å². The van der Waals surface area contributed by atoms with Gasteiger partial charge in [-0.05, 0) is 62.4 Å². The Morgan fingerprint density at radius 1 is 0.938 bits per heavy atom. The lowest BCUT2D eigenvalue weighted by Crippen LogP contribution is -2.44. The van der Waals surface area contributed by atoms with Crippen LogP contribution in [-0.4, -0.2) is 33.8 Å². The molecule has 3 aliphatic rings. The lowest BCUT2D eigenvalue weighted by molar-refractivity contribution is 0.120. The summed E-state index contributed by atoms with van der Waals surface area (Å²) in [7, 11) is 0. The largest absolute Gasteiger partial charge is 0.338 e. The molecule has 6 rings (SSSR count). The van der Waals surface area contributed by atoms with Crippen molar-refractivity contribution in [2.75, 3.05) is 10.6 Å². The molecular weight excluding hydrogens is 394 g/mol. The van der Waals surface area contributed by atoms with Gasteiger partial charge in [0.15, 0.2) is 5.82 Å². The zero-order chi connectivity index (χ0) is 21.5. The van der Waals surface area contributed by atoms with Crippen molar-refractivity contribution in [1.82, 2.24) is 9.88 Å². The van der Waals surface area contributed by atoms with E-state index in [0.717, 1.165) is 48.0 Å². The summed E-state index contributed by atoms with van der Waals surface area (Å²) >= 11 is 0. The van der Waals surface area contributed by atoms with Crippen LogP contribution >= 0.6 is 0 Å². The van der Waals surface area contributed by atoms with E-state index < -0.39 is 0 Å². The highest BCUT2D eigenvalue weighted by Gasteiger charge is 2.40. The Kier molecular flexibility index (Phi) is 4.91. The molecule has 2 bridgehead atoms. The molecule has 0 aliphatic carbocycles. The number of anilines is 3. The second-order valence-electron chi connectivity index (χ2n) is 9.34. The Labute approximate surface area is 189 Å². The van der Waals surface area contributed by atoms with Gasteiger partial charge >= 0.3 is 0 Å². The van der Waals surface area contributed by atoms with E-state index in [1.807, 2.05) is 12.3 Å². The summed E-state index contributed by atoms with van der Waals surface area (Å²) in [6.45, 7) is 3.19. The smallest absolute Gasteiger partial charge is 0.154 e. The predicted octanol–water partition coefficient (Wildman–Crippen LogP) is 5.50. The number of nitrogens with zero attached hydrogens (tertiary/aromatic N) is 3. The zero-order valence-corrected chi connectivity index (χ0v) is 18.5. The normalized spacial score (nSPS) is 25.4. The van der Waals surface area contributed by atoms with Gasteiger partial charge in [0, 0.05) is 30.4 Å². The molecule has 2 saturated heterocycles. The zero-order valence-electron chi connectivity index (χ0n) is 18.5. The van der Waals surface area contributed by atoms with Gasteiger partial charge in [-0.3, -0.25) is 9.89 Å². The number of amidine groups is 1. The van der Waals surface area contributed by atoms with Gasteiger partial charge < -0.3 is 10.6 Å². The van der Waals surface area contributed by atoms with Crippen LogP contribution in [0.2, 0.25) is 0 Å². The maximum atomic E-state index is 5.33. The summed E-state index contributed by atoms with van der Waals surface area (Å²) in [6.07, 6.45) is 6.65. The van der Waals surface area contributed by atoms with Gasteiger partial charge in [0.2, 0.25) is 0 Å². The molecule has 0 saturated carbocycles. The minimum atomic E-state index is 0.341. The van der Waals surface area contributed by atoms with Crippen LogP contribution in [0.25, 0.3) is 0 Å². The number of hydrogen-bond acceptors (Lipinski definition) is 4. The van der Waals surface area contributed by atoms with Crippen molar-refractivity contribution in [3.8, 4) is 0 Å². The molecule has 0 amide bonds. The highest BCUT2D eigenvalue weighted by atomic mass is 15.2. The standard InChI is InChI=1S/C27H29N5/c1-18-9-12-24-23(14-18)26(31-25-8-5-13-28-27(25)30-24)29-20-15-21-10-11-22(16-20)32(21)17-19-6-3-2-4-7-19/h2-9,12-14,20-22H,10-11,15-17H2,1H3,(H,28,30)(H,29,31)/t20?,21-,22+. The number of rotatable bonds is 3. The van der Waals surface area contributed by atoms with E-state index in [-0.39, 0.29) is 0 Å². The monoisotopic (exact) mass is 423 g/mol. The highest BCUT2D eigenvalue weighted by Crippen LogP contribution is 2.39. The van der Waals surface area contributed by atoms with Crippen molar-refractivity contribution in [3.63, 3.8) is 0 Å². The molecule has 3 atom stereocenters. The SMILES string of the molecule is Cc1ccc2c(c1)C(=NC1C[C@H]3CC[C@@H](C1)N3Cc1ccccc1)Nc1cccnc1N2. The van der Waals surface area contributed by atoms with Crippen LogP contribution in [0.4, 0.5) is 17.2 Å². The van der Waals surface area contributed by atoms with Crippen molar-refractivity contribution in [3.05, 3.63) is 83.6 Å². The first kappa shape index (κ1) is 19.5. The average Bonchev–Trinajstić information content (AvgIpc) is 2.97. The summed E-state index contributed by atoms with van der Waals surface area (Å²) in [5.74, 6) is 1.81. The van der Waals surface area contributed by atoms with Gasteiger partial charge in [-0.2, -0.15) is 0 Å². The van der Waals surface area contributed by atoms with Crippen molar-refractivity contribution >= 4 is 23.0 Å². The van der Waals surface area contributed by atoms with E-state index in [0.29, 0.717) is 18.1 Å². The topological polar surface area (TPSA) is 52.5 Å².